The fourth-order valence-electron chi connectivity index (χ4n) is 1.27. The SMILES string of the molecule is [Cl-].[Cl-].[NH3+]CCCC/C=C(\F)C(=O)O.[NH3+]CCCCC=C(F)C(=O)O. The quantitative estimate of drug-likeness (QED) is 0.217. The first-order valence-electron chi connectivity index (χ1n) is 7.13. The average molecular weight is 395 g/mol. The van der Waals surface area contributed by atoms with Crippen molar-refractivity contribution in [1.82, 2.24) is 0 Å². The van der Waals surface area contributed by atoms with Crippen LogP contribution in [0.15, 0.2) is 23.8 Å². The highest BCUT2D eigenvalue weighted by Crippen LogP contribution is 2.02. The Balaban J connectivity index is -0.000000154. The number of aliphatic carboxylic acids is 2. The molecule has 0 aliphatic heterocycles. The second-order valence-electron chi connectivity index (χ2n) is 4.41. The standard InChI is InChI=1S/2C7H12FNO2.2ClH/c2*8-6(7(10)11)4-2-1-3-5-9;;/h2*4H,1-3,5,9H2,(H,10,11);2*1H/b6-4-;;;. The molecule has 0 aromatic carbocycles. The summed E-state index contributed by atoms with van der Waals surface area (Å²) in [5.74, 6) is -5.10. The minimum atomic E-state index is -1.49. The predicted molar refractivity (Wildman–Crippen MR) is 76.9 cm³/mol. The van der Waals surface area contributed by atoms with Crippen molar-refractivity contribution in [3.63, 3.8) is 0 Å². The largest absolute Gasteiger partial charge is 1.00 e. The molecule has 24 heavy (non-hydrogen) atoms. The lowest BCUT2D eigenvalue weighted by atomic mass is 10.2. The van der Waals surface area contributed by atoms with Crippen LogP contribution in [0.4, 0.5) is 8.78 Å². The van der Waals surface area contributed by atoms with Gasteiger partial charge in [-0.25, -0.2) is 9.59 Å². The lowest BCUT2D eigenvalue weighted by molar-refractivity contribution is -0.368. The first-order chi connectivity index (χ1) is 10.4. The van der Waals surface area contributed by atoms with E-state index >= 15 is 0 Å². The predicted octanol–water partition coefficient (Wildman–Crippen LogP) is -5.32. The van der Waals surface area contributed by atoms with Crippen LogP contribution in [0, 0.1) is 0 Å². The Kier molecular flexibility index (Phi) is 27.8. The number of quaternary nitrogens is 2. The van der Waals surface area contributed by atoms with Crippen molar-refractivity contribution in [1.29, 1.82) is 0 Å². The van der Waals surface area contributed by atoms with E-state index in [4.69, 9.17) is 10.2 Å². The van der Waals surface area contributed by atoms with Crippen molar-refractivity contribution in [2.75, 3.05) is 13.1 Å². The Labute approximate surface area is 152 Å². The maximum atomic E-state index is 12.2. The zero-order chi connectivity index (χ0) is 17.4. The van der Waals surface area contributed by atoms with Crippen molar-refractivity contribution in [3.8, 4) is 0 Å². The van der Waals surface area contributed by atoms with Crippen molar-refractivity contribution in [3.05, 3.63) is 23.8 Å². The first kappa shape index (κ1) is 30.6. The Hall–Kier alpha value is -1.22. The molecule has 0 fully saturated rings. The Morgan fingerprint density at radius 3 is 1.25 bits per heavy atom. The van der Waals surface area contributed by atoms with Crippen LogP contribution in [-0.4, -0.2) is 35.2 Å². The maximum absolute atomic E-state index is 12.2. The third kappa shape index (κ3) is 23.1. The summed E-state index contributed by atoms with van der Waals surface area (Å²) in [7, 11) is 0. The van der Waals surface area contributed by atoms with E-state index in [2.05, 4.69) is 11.5 Å². The lowest BCUT2D eigenvalue weighted by Gasteiger charge is -1.90. The number of carbonyl (C=O) groups is 2. The summed E-state index contributed by atoms with van der Waals surface area (Å²) in [5.41, 5.74) is 7.21. The molecule has 0 heterocycles. The summed E-state index contributed by atoms with van der Waals surface area (Å²) >= 11 is 0. The summed E-state index contributed by atoms with van der Waals surface area (Å²) < 4.78 is 24.4. The van der Waals surface area contributed by atoms with Gasteiger partial charge in [-0.1, -0.05) is 0 Å². The molecular weight excluding hydrogens is 369 g/mol. The number of hydrogen-bond donors (Lipinski definition) is 4. The molecule has 0 saturated heterocycles. The molecule has 144 valence electrons. The zero-order valence-electron chi connectivity index (χ0n) is 13.4. The van der Waals surface area contributed by atoms with E-state index in [0.29, 0.717) is 12.8 Å². The summed E-state index contributed by atoms with van der Waals surface area (Å²) in [5, 5.41) is 16.2. The van der Waals surface area contributed by atoms with Crippen LogP contribution in [-0.2, 0) is 9.59 Å². The van der Waals surface area contributed by atoms with Crippen molar-refractivity contribution >= 4 is 11.9 Å². The van der Waals surface area contributed by atoms with E-state index in [1.807, 2.05) is 0 Å². The fraction of sp³-hybridized carbons (Fsp3) is 0.571. The minimum Gasteiger partial charge on any atom is -1.00 e. The van der Waals surface area contributed by atoms with E-state index < -0.39 is 23.6 Å². The number of hydrogen-bond acceptors (Lipinski definition) is 2. The third-order valence-electron chi connectivity index (χ3n) is 2.46. The number of allylic oxidation sites excluding steroid dienone is 2. The third-order valence-corrected chi connectivity index (χ3v) is 2.46. The van der Waals surface area contributed by atoms with Gasteiger partial charge in [0.25, 0.3) is 0 Å². The van der Waals surface area contributed by atoms with Crippen molar-refractivity contribution in [2.45, 2.75) is 38.5 Å². The average Bonchev–Trinajstić information content (AvgIpc) is 2.48. The van der Waals surface area contributed by atoms with Gasteiger partial charge >= 0.3 is 11.9 Å². The monoisotopic (exact) mass is 394 g/mol. The van der Waals surface area contributed by atoms with Crippen molar-refractivity contribution < 1.29 is 64.9 Å². The summed E-state index contributed by atoms with van der Waals surface area (Å²) in [6.45, 7) is 1.62. The summed E-state index contributed by atoms with van der Waals surface area (Å²) in [6, 6.07) is 0. The molecule has 10 heteroatoms. The van der Waals surface area contributed by atoms with Gasteiger partial charge < -0.3 is 46.5 Å². The van der Waals surface area contributed by atoms with Crippen LogP contribution in [0.1, 0.15) is 38.5 Å². The molecule has 0 bridgehead atoms. The van der Waals surface area contributed by atoms with Crippen LogP contribution in [0.2, 0.25) is 0 Å². The molecule has 6 nitrogen and oxygen atoms in total. The lowest BCUT2D eigenvalue weighted by Crippen LogP contribution is -3.00. The van der Waals surface area contributed by atoms with E-state index in [1.165, 1.54) is 0 Å². The minimum absolute atomic E-state index is 0. The number of rotatable bonds is 10. The number of unbranched alkanes of at least 4 members (excludes halogenated alkanes) is 4. The van der Waals surface area contributed by atoms with E-state index in [-0.39, 0.29) is 24.8 Å². The topological polar surface area (TPSA) is 130 Å². The fourth-order valence-corrected chi connectivity index (χ4v) is 1.27. The second kappa shape index (κ2) is 21.8. The molecule has 0 amide bonds. The molecule has 0 aliphatic rings. The van der Waals surface area contributed by atoms with Gasteiger partial charge in [0.2, 0.25) is 11.7 Å². The summed E-state index contributed by atoms with van der Waals surface area (Å²) in [6.07, 6.45) is 6.55. The van der Waals surface area contributed by atoms with E-state index in [1.54, 1.807) is 0 Å². The highest BCUT2D eigenvalue weighted by molar-refractivity contribution is 5.84. The van der Waals surface area contributed by atoms with Crippen LogP contribution in [0.5, 0.6) is 0 Å². The van der Waals surface area contributed by atoms with Crippen LogP contribution >= 0.6 is 0 Å². The maximum Gasteiger partial charge on any atom is 0.364 e. The molecule has 0 atom stereocenters. The second-order valence-corrected chi connectivity index (χ2v) is 4.41. The van der Waals surface area contributed by atoms with Gasteiger partial charge in [0, 0.05) is 0 Å². The molecule has 0 rings (SSSR count). The normalized spacial score (nSPS) is 10.7. The van der Waals surface area contributed by atoms with Gasteiger partial charge in [-0.15, -0.1) is 0 Å². The highest BCUT2D eigenvalue weighted by Gasteiger charge is 2.03. The van der Waals surface area contributed by atoms with Gasteiger partial charge in [-0.2, -0.15) is 8.78 Å². The van der Waals surface area contributed by atoms with Gasteiger partial charge in [0.1, 0.15) is 0 Å². The molecule has 8 N–H and O–H groups in total. The smallest absolute Gasteiger partial charge is 0.364 e. The van der Waals surface area contributed by atoms with Crippen LogP contribution < -0.4 is 36.3 Å². The molecular formula is C14H26Cl2F2N2O4. The Morgan fingerprint density at radius 1 is 0.750 bits per heavy atom. The number of halogens is 4. The first-order valence-corrected chi connectivity index (χ1v) is 7.13. The molecule has 0 aliphatic carbocycles. The van der Waals surface area contributed by atoms with Gasteiger partial charge in [0.15, 0.2) is 0 Å². The molecule has 0 saturated carbocycles. The van der Waals surface area contributed by atoms with Gasteiger partial charge in [0.05, 0.1) is 13.1 Å². The van der Waals surface area contributed by atoms with Crippen LogP contribution in [0.3, 0.4) is 0 Å². The van der Waals surface area contributed by atoms with Crippen molar-refractivity contribution in [2.24, 2.45) is 0 Å². The van der Waals surface area contributed by atoms with E-state index in [0.717, 1.165) is 50.9 Å². The Morgan fingerprint density at radius 2 is 1.04 bits per heavy atom. The highest BCUT2D eigenvalue weighted by atomic mass is 35.5. The molecule has 0 radical (unpaired) electrons. The van der Waals surface area contributed by atoms with Gasteiger partial charge in [-0.05, 0) is 50.7 Å². The number of carboxylic acid groups (broad SMARTS) is 2. The van der Waals surface area contributed by atoms with Crippen LogP contribution in [0.25, 0.3) is 0 Å². The molecule has 0 spiro atoms. The molecule has 0 aromatic rings. The molecule has 0 aromatic heterocycles. The Bertz CT molecular complexity index is 359. The number of carboxylic acids is 2. The zero-order valence-corrected chi connectivity index (χ0v) is 15.0. The van der Waals surface area contributed by atoms with E-state index in [9.17, 15) is 18.4 Å². The molecule has 0 unspecified atom stereocenters. The van der Waals surface area contributed by atoms with Gasteiger partial charge in [-0.3, -0.25) is 0 Å². The summed E-state index contributed by atoms with van der Waals surface area (Å²) in [4.78, 5) is 19.8.